The quantitative estimate of drug-likeness (QED) is 0.587. The standard InChI is InChI=1S/C18H17N7O/c1-11(2)15(18-24-16(25-26-18)12-5-7-19-8-6-12)22-14-4-3-13-17(23-14)21-10-9-20-13/h3-11,15H,1-2H3,(H,21,22,23). The summed E-state index contributed by atoms with van der Waals surface area (Å²) in [4.78, 5) is 21.5. The van der Waals surface area contributed by atoms with Crippen molar-refractivity contribution in [1.82, 2.24) is 30.1 Å². The van der Waals surface area contributed by atoms with Crippen LogP contribution in [-0.2, 0) is 0 Å². The maximum absolute atomic E-state index is 5.50. The summed E-state index contributed by atoms with van der Waals surface area (Å²) in [5.41, 5.74) is 2.19. The predicted octanol–water partition coefficient (Wildman–Crippen LogP) is 3.28. The summed E-state index contributed by atoms with van der Waals surface area (Å²) >= 11 is 0. The highest BCUT2D eigenvalue weighted by Crippen LogP contribution is 2.27. The van der Waals surface area contributed by atoms with Crippen molar-refractivity contribution in [3.8, 4) is 11.4 Å². The van der Waals surface area contributed by atoms with E-state index in [1.165, 1.54) is 0 Å². The van der Waals surface area contributed by atoms with Crippen molar-refractivity contribution in [2.24, 2.45) is 5.92 Å². The van der Waals surface area contributed by atoms with Crippen LogP contribution in [0.25, 0.3) is 22.6 Å². The molecule has 0 bridgehead atoms. The maximum atomic E-state index is 5.50. The van der Waals surface area contributed by atoms with Gasteiger partial charge in [-0.1, -0.05) is 19.0 Å². The van der Waals surface area contributed by atoms with Crippen LogP contribution in [0.1, 0.15) is 25.8 Å². The normalized spacial score (nSPS) is 12.4. The molecule has 8 nitrogen and oxygen atoms in total. The highest BCUT2D eigenvalue weighted by atomic mass is 16.5. The molecule has 0 aromatic carbocycles. The first-order valence-corrected chi connectivity index (χ1v) is 8.29. The Morgan fingerprint density at radius 3 is 2.54 bits per heavy atom. The molecule has 4 aromatic rings. The van der Waals surface area contributed by atoms with E-state index in [1.807, 2.05) is 24.3 Å². The Balaban J connectivity index is 1.62. The molecule has 0 amide bonds. The molecule has 26 heavy (non-hydrogen) atoms. The Morgan fingerprint density at radius 1 is 0.923 bits per heavy atom. The third-order valence-electron chi connectivity index (χ3n) is 3.95. The highest BCUT2D eigenvalue weighted by Gasteiger charge is 2.23. The van der Waals surface area contributed by atoms with E-state index in [2.05, 4.69) is 49.2 Å². The van der Waals surface area contributed by atoms with E-state index in [4.69, 9.17) is 4.52 Å². The van der Waals surface area contributed by atoms with Crippen molar-refractivity contribution in [2.45, 2.75) is 19.9 Å². The summed E-state index contributed by atoms with van der Waals surface area (Å²) in [6.07, 6.45) is 6.66. The van der Waals surface area contributed by atoms with Crippen molar-refractivity contribution in [2.75, 3.05) is 5.32 Å². The molecule has 130 valence electrons. The minimum absolute atomic E-state index is 0.181. The molecule has 1 atom stereocenters. The molecular weight excluding hydrogens is 330 g/mol. The van der Waals surface area contributed by atoms with Gasteiger partial charge in [0.15, 0.2) is 5.65 Å². The Bertz CT molecular complexity index is 1020. The monoisotopic (exact) mass is 347 g/mol. The van der Waals surface area contributed by atoms with E-state index in [9.17, 15) is 0 Å². The zero-order chi connectivity index (χ0) is 17.9. The Morgan fingerprint density at radius 2 is 1.73 bits per heavy atom. The third kappa shape index (κ3) is 3.21. The van der Waals surface area contributed by atoms with Gasteiger partial charge in [0.2, 0.25) is 11.7 Å². The van der Waals surface area contributed by atoms with Gasteiger partial charge in [-0.2, -0.15) is 4.98 Å². The van der Waals surface area contributed by atoms with Gasteiger partial charge in [-0.05, 0) is 30.2 Å². The van der Waals surface area contributed by atoms with E-state index in [1.54, 1.807) is 24.8 Å². The lowest BCUT2D eigenvalue weighted by Crippen LogP contribution is -2.18. The second-order valence-corrected chi connectivity index (χ2v) is 6.15. The summed E-state index contributed by atoms with van der Waals surface area (Å²) in [5, 5.41) is 7.45. The zero-order valence-corrected chi connectivity index (χ0v) is 14.4. The van der Waals surface area contributed by atoms with Crippen molar-refractivity contribution in [1.29, 1.82) is 0 Å². The van der Waals surface area contributed by atoms with Gasteiger partial charge in [0.25, 0.3) is 0 Å². The van der Waals surface area contributed by atoms with Crippen LogP contribution < -0.4 is 5.32 Å². The average molecular weight is 347 g/mol. The Kier molecular flexibility index (Phi) is 4.22. The van der Waals surface area contributed by atoms with E-state index in [0.717, 1.165) is 11.1 Å². The molecule has 4 rings (SSSR count). The van der Waals surface area contributed by atoms with Crippen molar-refractivity contribution in [3.63, 3.8) is 0 Å². The minimum Gasteiger partial charge on any atom is -0.358 e. The first-order chi connectivity index (χ1) is 12.7. The lowest BCUT2D eigenvalue weighted by atomic mass is 10.0. The lowest BCUT2D eigenvalue weighted by molar-refractivity contribution is 0.335. The van der Waals surface area contributed by atoms with Gasteiger partial charge in [0.1, 0.15) is 17.4 Å². The van der Waals surface area contributed by atoms with Crippen molar-refractivity contribution in [3.05, 3.63) is 54.9 Å². The van der Waals surface area contributed by atoms with Gasteiger partial charge >= 0.3 is 0 Å². The molecule has 0 saturated heterocycles. The van der Waals surface area contributed by atoms with Gasteiger partial charge in [0.05, 0.1) is 0 Å². The summed E-state index contributed by atoms with van der Waals surface area (Å²) in [6, 6.07) is 7.25. The fraction of sp³-hybridized carbons (Fsp3) is 0.222. The number of pyridine rings is 2. The van der Waals surface area contributed by atoms with E-state index < -0.39 is 0 Å². The molecule has 1 N–H and O–H groups in total. The van der Waals surface area contributed by atoms with Crippen molar-refractivity contribution < 1.29 is 4.52 Å². The van der Waals surface area contributed by atoms with Crippen LogP contribution in [0.15, 0.2) is 53.6 Å². The van der Waals surface area contributed by atoms with Gasteiger partial charge < -0.3 is 9.84 Å². The molecule has 4 heterocycles. The van der Waals surface area contributed by atoms with Gasteiger partial charge in [-0.3, -0.25) is 9.97 Å². The van der Waals surface area contributed by atoms with E-state index in [-0.39, 0.29) is 12.0 Å². The average Bonchev–Trinajstić information content (AvgIpc) is 3.16. The number of anilines is 1. The molecule has 8 heteroatoms. The number of hydrogen-bond donors (Lipinski definition) is 1. The van der Waals surface area contributed by atoms with E-state index >= 15 is 0 Å². The number of nitrogens with zero attached hydrogens (tertiary/aromatic N) is 6. The predicted molar refractivity (Wildman–Crippen MR) is 96.1 cm³/mol. The van der Waals surface area contributed by atoms with Gasteiger partial charge in [0, 0.05) is 30.4 Å². The van der Waals surface area contributed by atoms with Crippen LogP contribution in [0.4, 0.5) is 5.82 Å². The number of rotatable bonds is 5. The second-order valence-electron chi connectivity index (χ2n) is 6.15. The molecule has 0 spiro atoms. The van der Waals surface area contributed by atoms with Crippen LogP contribution in [0.2, 0.25) is 0 Å². The number of fused-ring (bicyclic) bond motifs is 1. The molecule has 0 saturated carbocycles. The second kappa shape index (κ2) is 6.83. The maximum Gasteiger partial charge on any atom is 0.249 e. The zero-order valence-electron chi connectivity index (χ0n) is 14.4. The van der Waals surface area contributed by atoms with Gasteiger partial charge in [-0.15, -0.1) is 0 Å². The van der Waals surface area contributed by atoms with Crippen molar-refractivity contribution >= 4 is 17.0 Å². The third-order valence-corrected chi connectivity index (χ3v) is 3.95. The fourth-order valence-electron chi connectivity index (χ4n) is 2.59. The minimum atomic E-state index is -0.181. The van der Waals surface area contributed by atoms with Crippen LogP contribution in [0.5, 0.6) is 0 Å². The molecule has 0 aliphatic rings. The van der Waals surface area contributed by atoms with Crippen LogP contribution in [-0.4, -0.2) is 30.1 Å². The first-order valence-electron chi connectivity index (χ1n) is 8.29. The number of hydrogen-bond acceptors (Lipinski definition) is 8. The molecule has 0 aliphatic carbocycles. The molecule has 0 aliphatic heterocycles. The summed E-state index contributed by atoms with van der Waals surface area (Å²) in [5.74, 6) is 1.93. The van der Waals surface area contributed by atoms with E-state index in [0.29, 0.717) is 23.2 Å². The first kappa shape index (κ1) is 16.1. The smallest absolute Gasteiger partial charge is 0.249 e. The lowest BCUT2D eigenvalue weighted by Gasteiger charge is -2.19. The van der Waals surface area contributed by atoms with Crippen LogP contribution >= 0.6 is 0 Å². The fourth-order valence-corrected chi connectivity index (χ4v) is 2.59. The molecule has 4 aromatic heterocycles. The topological polar surface area (TPSA) is 103 Å². The number of nitrogens with one attached hydrogen (secondary N) is 1. The van der Waals surface area contributed by atoms with Crippen LogP contribution in [0, 0.1) is 5.92 Å². The molecule has 0 fully saturated rings. The SMILES string of the molecule is CC(C)C(Nc1ccc2nccnc2n1)c1nc(-c2ccncc2)no1. The highest BCUT2D eigenvalue weighted by molar-refractivity contribution is 5.71. The molecule has 0 radical (unpaired) electrons. The number of aromatic nitrogens is 6. The largest absolute Gasteiger partial charge is 0.358 e. The van der Waals surface area contributed by atoms with Crippen LogP contribution in [0.3, 0.4) is 0 Å². The molecule has 1 unspecified atom stereocenters. The molecular formula is C18H17N7O. The summed E-state index contributed by atoms with van der Waals surface area (Å²) < 4.78 is 5.50. The van der Waals surface area contributed by atoms with Gasteiger partial charge in [-0.25, -0.2) is 9.97 Å². The Labute approximate surface area is 149 Å². The Hall–Kier alpha value is -3.42. The summed E-state index contributed by atoms with van der Waals surface area (Å²) in [6.45, 7) is 4.16. The summed E-state index contributed by atoms with van der Waals surface area (Å²) in [7, 11) is 0.